The summed E-state index contributed by atoms with van der Waals surface area (Å²) in [6.45, 7) is 16.5. The fourth-order valence-corrected chi connectivity index (χ4v) is 5.14. The number of alkyl carbamates (subject to hydrolysis) is 1. The number of amides is 1. The largest absolute Gasteiger partial charge is 0.444 e. The molecule has 0 aliphatic heterocycles. The molecule has 0 saturated heterocycles. The molecule has 0 saturated carbocycles. The Morgan fingerprint density at radius 3 is 2.28 bits per heavy atom. The molecule has 5 nitrogen and oxygen atoms in total. The molecule has 1 aliphatic rings. The van der Waals surface area contributed by atoms with Gasteiger partial charge in [0.2, 0.25) is 0 Å². The second kappa shape index (κ2) is 8.23. The first kappa shape index (κ1) is 22.2. The van der Waals surface area contributed by atoms with E-state index >= 15 is 0 Å². The predicted octanol–water partition coefficient (Wildman–Crippen LogP) is 3.81. The maximum Gasteiger partial charge on any atom is 0.407 e. The summed E-state index contributed by atoms with van der Waals surface area (Å²) in [6.07, 6.45) is 0.843. The SMILES string of the molecule is CO[C@H]1[C@@H](C)[C@H](NC(=O)OC(C)(C)C)[C@H](O)C(C[Si](C)(C)C)=C[C@H]1C. The van der Waals surface area contributed by atoms with Crippen LogP contribution in [0.3, 0.4) is 0 Å². The third-order valence-corrected chi connectivity index (χ3v) is 5.96. The van der Waals surface area contributed by atoms with Crippen LogP contribution in [0.4, 0.5) is 4.79 Å². The van der Waals surface area contributed by atoms with Gasteiger partial charge in [0.25, 0.3) is 0 Å². The summed E-state index contributed by atoms with van der Waals surface area (Å²) in [4.78, 5) is 12.3. The van der Waals surface area contributed by atoms with Crippen molar-refractivity contribution in [1.29, 1.82) is 0 Å². The summed E-state index contributed by atoms with van der Waals surface area (Å²) in [6, 6.07) is 0.459. The average molecular weight is 372 g/mol. The maximum absolute atomic E-state index is 12.3. The zero-order chi connectivity index (χ0) is 19.6. The van der Waals surface area contributed by atoms with Crippen LogP contribution in [0.5, 0.6) is 0 Å². The number of carbonyl (C=O) groups is 1. The van der Waals surface area contributed by atoms with Gasteiger partial charge in [-0.2, -0.15) is 0 Å². The van der Waals surface area contributed by atoms with Gasteiger partial charge in [-0.25, -0.2) is 4.79 Å². The van der Waals surface area contributed by atoms with E-state index in [1.165, 1.54) is 0 Å². The second-order valence-electron chi connectivity index (χ2n) is 9.51. The molecule has 6 heteroatoms. The molecule has 0 spiro atoms. The lowest BCUT2D eigenvalue weighted by atomic mass is 9.88. The molecule has 0 unspecified atom stereocenters. The fourth-order valence-electron chi connectivity index (χ4n) is 3.59. The number of carbonyl (C=O) groups excluding carboxylic acids is 1. The molecular weight excluding hydrogens is 334 g/mol. The molecule has 25 heavy (non-hydrogen) atoms. The molecule has 0 fully saturated rings. The van der Waals surface area contributed by atoms with Gasteiger partial charge in [0.05, 0.1) is 18.2 Å². The highest BCUT2D eigenvalue weighted by molar-refractivity contribution is 6.76. The van der Waals surface area contributed by atoms with Crippen LogP contribution in [0.2, 0.25) is 25.7 Å². The molecule has 0 aromatic carbocycles. The molecule has 0 radical (unpaired) electrons. The summed E-state index contributed by atoms with van der Waals surface area (Å²) in [5.41, 5.74) is 0.438. The highest BCUT2D eigenvalue weighted by atomic mass is 28.3. The van der Waals surface area contributed by atoms with Crippen molar-refractivity contribution in [2.45, 2.75) is 84.2 Å². The van der Waals surface area contributed by atoms with E-state index in [9.17, 15) is 9.90 Å². The van der Waals surface area contributed by atoms with Gasteiger partial charge in [0, 0.05) is 27.0 Å². The van der Waals surface area contributed by atoms with E-state index in [0.717, 1.165) is 11.6 Å². The Kier molecular flexibility index (Phi) is 7.30. The van der Waals surface area contributed by atoms with Crippen molar-refractivity contribution >= 4 is 14.2 Å². The molecular formula is C19H37NO4Si. The highest BCUT2D eigenvalue weighted by Gasteiger charge is 2.40. The Morgan fingerprint density at radius 2 is 1.84 bits per heavy atom. The highest BCUT2D eigenvalue weighted by Crippen LogP contribution is 2.33. The quantitative estimate of drug-likeness (QED) is 0.582. The van der Waals surface area contributed by atoms with Gasteiger partial charge in [0.1, 0.15) is 5.60 Å². The van der Waals surface area contributed by atoms with Crippen molar-refractivity contribution in [2.24, 2.45) is 11.8 Å². The Hall–Kier alpha value is -0.853. The second-order valence-corrected chi connectivity index (χ2v) is 15.0. The Morgan fingerprint density at radius 1 is 1.28 bits per heavy atom. The van der Waals surface area contributed by atoms with E-state index in [2.05, 4.69) is 38.0 Å². The van der Waals surface area contributed by atoms with Crippen LogP contribution in [0.25, 0.3) is 0 Å². The van der Waals surface area contributed by atoms with Gasteiger partial charge >= 0.3 is 6.09 Å². The van der Waals surface area contributed by atoms with Gasteiger partial charge in [0.15, 0.2) is 0 Å². The number of aliphatic hydroxyl groups excluding tert-OH is 1. The Labute approximate surface area is 154 Å². The summed E-state index contributed by atoms with van der Waals surface area (Å²) in [5, 5.41) is 13.9. The summed E-state index contributed by atoms with van der Waals surface area (Å²) < 4.78 is 11.1. The zero-order valence-corrected chi connectivity index (χ0v) is 18.3. The van der Waals surface area contributed by atoms with E-state index in [-0.39, 0.29) is 17.9 Å². The lowest BCUT2D eigenvalue weighted by Gasteiger charge is -2.34. The Balaban J connectivity index is 3.11. The third-order valence-electron chi connectivity index (χ3n) is 4.49. The average Bonchev–Trinajstić information content (AvgIpc) is 2.46. The van der Waals surface area contributed by atoms with Crippen molar-refractivity contribution < 1.29 is 19.4 Å². The van der Waals surface area contributed by atoms with Crippen molar-refractivity contribution in [1.82, 2.24) is 5.32 Å². The van der Waals surface area contributed by atoms with Crippen LogP contribution in [0.15, 0.2) is 11.6 Å². The van der Waals surface area contributed by atoms with Crippen LogP contribution >= 0.6 is 0 Å². The van der Waals surface area contributed by atoms with Crippen molar-refractivity contribution in [2.75, 3.05) is 7.11 Å². The van der Waals surface area contributed by atoms with Gasteiger partial charge in [-0.05, 0) is 32.4 Å². The summed E-state index contributed by atoms with van der Waals surface area (Å²) in [5.74, 6) is 0.129. The summed E-state index contributed by atoms with van der Waals surface area (Å²) >= 11 is 0. The normalized spacial score (nSPS) is 31.1. The topological polar surface area (TPSA) is 67.8 Å². The van der Waals surface area contributed by atoms with E-state index in [1.807, 2.05) is 27.7 Å². The molecule has 0 bridgehead atoms. The molecule has 5 atom stereocenters. The monoisotopic (exact) mass is 371 g/mol. The van der Waals surface area contributed by atoms with E-state index in [4.69, 9.17) is 9.47 Å². The molecule has 1 aliphatic carbocycles. The lowest BCUT2D eigenvalue weighted by Crippen LogP contribution is -2.52. The third kappa shape index (κ3) is 6.75. The van der Waals surface area contributed by atoms with E-state index in [1.54, 1.807) is 7.11 Å². The standard InChI is InChI=1S/C19H37NO4Si/c1-12-10-14(11-25(7,8)9)16(21)15(13(2)17(12)23-6)20-18(22)24-19(3,4)5/h10,12-13,15-17,21H,11H2,1-9H3,(H,20,22)/t12-,13+,15+,16-,17-/m1/s1. The van der Waals surface area contributed by atoms with Crippen LogP contribution in [0.1, 0.15) is 34.6 Å². The molecule has 1 amide bonds. The number of hydrogen-bond donors (Lipinski definition) is 2. The van der Waals surface area contributed by atoms with Crippen LogP contribution in [0, 0.1) is 11.8 Å². The number of ether oxygens (including phenoxy) is 2. The number of hydrogen-bond acceptors (Lipinski definition) is 4. The van der Waals surface area contributed by atoms with Gasteiger partial charge in [-0.1, -0.05) is 39.6 Å². The first-order chi connectivity index (χ1) is 11.2. The molecule has 0 heterocycles. The number of methoxy groups -OCH3 is 1. The first-order valence-corrected chi connectivity index (χ1v) is 12.9. The fraction of sp³-hybridized carbons (Fsp3) is 0.842. The number of rotatable bonds is 4. The predicted molar refractivity (Wildman–Crippen MR) is 105 cm³/mol. The summed E-state index contributed by atoms with van der Waals surface area (Å²) in [7, 11) is 0.273. The Bertz CT molecular complexity index is 493. The van der Waals surface area contributed by atoms with Crippen LogP contribution in [-0.2, 0) is 9.47 Å². The van der Waals surface area contributed by atoms with Gasteiger partial charge in [-0.15, -0.1) is 0 Å². The van der Waals surface area contributed by atoms with Crippen molar-refractivity contribution in [3.8, 4) is 0 Å². The number of nitrogens with one attached hydrogen (secondary N) is 1. The smallest absolute Gasteiger partial charge is 0.407 e. The lowest BCUT2D eigenvalue weighted by molar-refractivity contribution is -0.00207. The van der Waals surface area contributed by atoms with Gasteiger partial charge in [-0.3, -0.25) is 0 Å². The first-order valence-electron chi connectivity index (χ1n) is 9.16. The minimum atomic E-state index is -1.41. The van der Waals surface area contributed by atoms with Crippen LogP contribution < -0.4 is 5.32 Å². The van der Waals surface area contributed by atoms with E-state index in [0.29, 0.717) is 0 Å². The maximum atomic E-state index is 12.3. The molecule has 146 valence electrons. The molecule has 2 N–H and O–H groups in total. The molecule has 0 aromatic heterocycles. The molecule has 0 aromatic rings. The molecule has 1 rings (SSSR count). The van der Waals surface area contributed by atoms with Crippen molar-refractivity contribution in [3.05, 3.63) is 11.6 Å². The minimum absolute atomic E-state index is 0.0436. The zero-order valence-electron chi connectivity index (χ0n) is 17.3. The van der Waals surface area contributed by atoms with Crippen LogP contribution in [-0.4, -0.2) is 50.2 Å². The van der Waals surface area contributed by atoms with Crippen molar-refractivity contribution in [3.63, 3.8) is 0 Å². The minimum Gasteiger partial charge on any atom is -0.444 e. The number of aliphatic hydroxyl groups is 1. The van der Waals surface area contributed by atoms with E-state index < -0.39 is 31.9 Å². The van der Waals surface area contributed by atoms with Gasteiger partial charge < -0.3 is 19.9 Å².